The van der Waals surface area contributed by atoms with Crippen LogP contribution >= 0.6 is 0 Å². The standard InChI is InChI=1S/C19H36/c1-8-15-14(5)10-18(15)19(6,7)11-17-13(4)9-16(17)12(2)3/h12-18H,8-11H2,1-7H3. The van der Waals surface area contributed by atoms with Crippen molar-refractivity contribution in [3.63, 3.8) is 0 Å². The molecule has 0 aromatic rings. The normalized spacial score (nSPS) is 42.9. The smallest absolute Gasteiger partial charge is 0.0320 e. The third-order valence-corrected chi connectivity index (χ3v) is 6.89. The van der Waals surface area contributed by atoms with Crippen molar-refractivity contribution in [3.8, 4) is 0 Å². The van der Waals surface area contributed by atoms with Gasteiger partial charge in [0.1, 0.15) is 0 Å². The van der Waals surface area contributed by atoms with Gasteiger partial charge in [-0.1, -0.05) is 54.9 Å². The lowest BCUT2D eigenvalue weighted by atomic mass is 9.50. The molecule has 0 N–H and O–H groups in total. The van der Waals surface area contributed by atoms with Crippen molar-refractivity contribution in [2.24, 2.45) is 46.8 Å². The third kappa shape index (κ3) is 2.74. The first kappa shape index (κ1) is 15.4. The molecule has 0 amide bonds. The highest BCUT2D eigenvalue weighted by molar-refractivity contribution is 4.98. The second kappa shape index (κ2) is 5.41. The second-order valence-electron chi connectivity index (χ2n) is 8.87. The predicted octanol–water partition coefficient (Wildman–Crippen LogP) is 6.01. The van der Waals surface area contributed by atoms with Crippen LogP contribution in [0.4, 0.5) is 0 Å². The minimum absolute atomic E-state index is 0.569. The molecule has 2 saturated carbocycles. The van der Waals surface area contributed by atoms with E-state index < -0.39 is 0 Å². The lowest BCUT2D eigenvalue weighted by Gasteiger charge is -2.56. The molecule has 2 fully saturated rings. The molecule has 2 aliphatic carbocycles. The van der Waals surface area contributed by atoms with Crippen molar-refractivity contribution in [1.29, 1.82) is 0 Å². The molecule has 0 saturated heterocycles. The Morgan fingerprint density at radius 2 is 1.58 bits per heavy atom. The van der Waals surface area contributed by atoms with Crippen LogP contribution in [0.3, 0.4) is 0 Å². The Morgan fingerprint density at radius 1 is 1.00 bits per heavy atom. The van der Waals surface area contributed by atoms with Gasteiger partial charge in [-0.2, -0.15) is 0 Å². The molecule has 112 valence electrons. The van der Waals surface area contributed by atoms with E-state index in [0.29, 0.717) is 5.41 Å². The van der Waals surface area contributed by atoms with Crippen LogP contribution in [0, 0.1) is 46.8 Å². The number of hydrogen-bond donors (Lipinski definition) is 0. The summed E-state index contributed by atoms with van der Waals surface area (Å²) < 4.78 is 0. The topological polar surface area (TPSA) is 0 Å². The predicted molar refractivity (Wildman–Crippen MR) is 85.0 cm³/mol. The van der Waals surface area contributed by atoms with E-state index >= 15 is 0 Å². The van der Waals surface area contributed by atoms with Crippen LogP contribution in [0.2, 0.25) is 0 Å². The lowest BCUT2D eigenvalue weighted by molar-refractivity contribution is -0.0631. The maximum absolute atomic E-state index is 2.56. The first-order valence-corrected chi connectivity index (χ1v) is 8.77. The van der Waals surface area contributed by atoms with Gasteiger partial charge in [0.15, 0.2) is 0 Å². The average molecular weight is 264 g/mol. The van der Waals surface area contributed by atoms with Crippen molar-refractivity contribution >= 4 is 0 Å². The van der Waals surface area contributed by atoms with Gasteiger partial charge in [0.05, 0.1) is 0 Å². The lowest BCUT2D eigenvalue weighted by Crippen LogP contribution is -2.48. The van der Waals surface area contributed by atoms with Crippen molar-refractivity contribution in [2.75, 3.05) is 0 Å². The highest BCUT2D eigenvalue weighted by Gasteiger charge is 2.49. The van der Waals surface area contributed by atoms with Gasteiger partial charge in [0.25, 0.3) is 0 Å². The first-order chi connectivity index (χ1) is 8.77. The maximum Gasteiger partial charge on any atom is -0.0320 e. The van der Waals surface area contributed by atoms with Crippen LogP contribution in [-0.2, 0) is 0 Å². The van der Waals surface area contributed by atoms with Gasteiger partial charge in [0.2, 0.25) is 0 Å². The molecule has 0 heteroatoms. The maximum atomic E-state index is 2.56. The summed E-state index contributed by atoms with van der Waals surface area (Å²) >= 11 is 0. The molecule has 0 nitrogen and oxygen atoms in total. The van der Waals surface area contributed by atoms with Crippen molar-refractivity contribution in [3.05, 3.63) is 0 Å². The quantitative estimate of drug-likeness (QED) is 0.570. The highest BCUT2D eigenvalue weighted by atomic mass is 14.5. The van der Waals surface area contributed by atoms with Crippen LogP contribution in [0.25, 0.3) is 0 Å². The molecule has 0 radical (unpaired) electrons. The van der Waals surface area contributed by atoms with E-state index in [0.717, 1.165) is 41.4 Å². The summed E-state index contributed by atoms with van der Waals surface area (Å²) in [6.07, 6.45) is 5.84. The van der Waals surface area contributed by atoms with E-state index in [2.05, 4.69) is 48.5 Å². The van der Waals surface area contributed by atoms with Crippen LogP contribution in [0.5, 0.6) is 0 Å². The molecule has 0 heterocycles. The average Bonchev–Trinajstić information content (AvgIpc) is 2.30. The van der Waals surface area contributed by atoms with E-state index in [1.54, 1.807) is 0 Å². The molecule has 2 aliphatic rings. The monoisotopic (exact) mass is 264 g/mol. The van der Waals surface area contributed by atoms with E-state index in [1.807, 2.05) is 0 Å². The summed E-state index contributed by atoms with van der Waals surface area (Å²) in [5, 5.41) is 0. The van der Waals surface area contributed by atoms with E-state index in [9.17, 15) is 0 Å². The van der Waals surface area contributed by atoms with Gasteiger partial charge in [-0.05, 0) is 66.1 Å². The molecule has 6 unspecified atom stereocenters. The minimum atomic E-state index is 0.569. The van der Waals surface area contributed by atoms with Gasteiger partial charge < -0.3 is 0 Å². The summed E-state index contributed by atoms with van der Waals surface area (Å²) in [6.45, 7) is 17.3. The Labute approximate surface area is 121 Å². The number of hydrogen-bond acceptors (Lipinski definition) is 0. The molecule has 2 rings (SSSR count). The van der Waals surface area contributed by atoms with Gasteiger partial charge in [-0.3, -0.25) is 0 Å². The molecule has 0 bridgehead atoms. The fourth-order valence-electron chi connectivity index (χ4n) is 5.42. The van der Waals surface area contributed by atoms with Crippen molar-refractivity contribution in [2.45, 2.75) is 74.1 Å². The molecular weight excluding hydrogens is 228 g/mol. The largest absolute Gasteiger partial charge is 0.0651 e. The zero-order chi connectivity index (χ0) is 14.4. The van der Waals surface area contributed by atoms with Crippen LogP contribution in [0.1, 0.15) is 74.1 Å². The fraction of sp³-hybridized carbons (Fsp3) is 1.00. The van der Waals surface area contributed by atoms with Crippen molar-refractivity contribution in [1.82, 2.24) is 0 Å². The SMILES string of the molecule is CCC1C(C)CC1C(C)(C)CC1C(C)CC1C(C)C. The van der Waals surface area contributed by atoms with E-state index in [1.165, 1.54) is 25.7 Å². The summed E-state index contributed by atoms with van der Waals surface area (Å²) in [7, 11) is 0. The molecule has 0 aromatic heterocycles. The Bertz CT molecular complexity index is 301. The Kier molecular flexibility index (Phi) is 4.38. The van der Waals surface area contributed by atoms with Crippen LogP contribution < -0.4 is 0 Å². The van der Waals surface area contributed by atoms with Gasteiger partial charge >= 0.3 is 0 Å². The summed E-state index contributed by atoms with van der Waals surface area (Å²) in [4.78, 5) is 0. The summed E-state index contributed by atoms with van der Waals surface area (Å²) in [6, 6.07) is 0. The Hall–Kier alpha value is 0. The molecule has 19 heavy (non-hydrogen) atoms. The zero-order valence-corrected chi connectivity index (χ0v) is 14.4. The highest BCUT2D eigenvalue weighted by Crippen LogP contribution is 2.57. The summed E-state index contributed by atoms with van der Waals surface area (Å²) in [5.74, 6) is 6.85. The molecule has 0 aromatic carbocycles. The zero-order valence-electron chi connectivity index (χ0n) is 14.4. The molecule has 6 atom stereocenters. The fourth-order valence-corrected chi connectivity index (χ4v) is 5.42. The number of rotatable bonds is 5. The summed E-state index contributed by atoms with van der Waals surface area (Å²) in [5.41, 5.74) is 0.569. The second-order valence-corrected chi connectivity index (χ2v) is 8.87. The first-order valence-electron chi connectivity index (χ1n) is 8.77. The molecule has 0 aliphatic heterocycles. The third-order valence-electron chi connectivity index (χ3n) is 6.89. The molecular formula is C19H36. The van der Waals surface area contributed by atoms with E-state index in [4.69, 9.17) is 0 Å². The van der Waals surface area contributed by atoms with Gasteiger partial charge in [-0.25, -0.2) is 0 Å². The van der Waals surface area contributed by atoms with Gasteiger partial charge in [0, 0.05) is 0 Å². The van der Waals surface area contributed by atoms with Crippen LogP contribution in [-0.4, -0.2) is 0 Å². The van der Waals surface area contributed by atoms with Gasteiger partial charge in [-0.15, -0.1) is 0 Å². The minimum Gasteiger partial charge on any atom is -0.0651 e. The molecule has 0 spiro atoms. The Balaban J connectivity index is 1.97. The Morgan fingerprint density at radius 3 is 2.00 bits per heavy atom. The van der Waals surface area contributed by atoms with Crippen molar-refractivity contribution < 1.29 is 0 Å². The van der Waals surface area contributed by atoms with Crippen LogP contribution in [0.15, 0.2) is 0 Å². The van der Waals surface area contributed by atoms with E-state index in [-0.39, 0.29) is 0 Å².